The van der Waals surface area contributed by atoms with Crippen molar-refractivity contribution >= 4 is 38.9 Å². The van der Waals surface area contributed by atoms with Gasteiger partial charge in [0.1, 0.15) is 6.04 Å². The zero-order valence-corrected chi connectivity index (χ0v) is 16.1. The summed E-state index contributed by atoms with van der Waals surface area (Å²) in [5.41, 5.74) is 2.86. The van der Waals surface area contributed by atoms with E-state index in [1.165, 1.54) is 0 Å². The van der Waals surface area contributed by atoms with Crippen molar-refractivity contribution in [2.24, 2.45) is 0 Å². The maximum atomic E-state index is 12.6. The molecule has 0 fully saturated rings. The largest absolute Gasteiger partial charge is 0.324 e. The third kappa shape index (κ3) is 4.74. The highest BCUT2D eigenvalue weighted by Crippen LogP contribution is 2.23. The second kappa shape index (κ2) is 7.45. The van der Waals surface area contributed by atoms with E-state index in [0.29, 0.717) is 16.4 Å². The van der Waals surface area contributed by atoms with Gasteiger partial charge >= 0.3 is 0 Å². The number of carbonyl (C=O) groups is 1. The molecule has 0 aliphatic rings. The number of anilines is 2. The van der Waals surface area contributed by atoms with Crippen molar-refractivity contribution in [1.82, 2.24) is 0 Å². The molecule has 0 aliphatic heterocycles. The van der Waals surface area contributed by atoms with Gasteiger partial charge in [0.05, 0.1) is 11.9 Å². The molecule has 0 radical (unpaired) electrons. The Morgan fingerprint density at radius 3 is 2.24 bits per heavy atom. The highest BCUT2D eigenvalue weighted by atomic mass is 35.5. The van der Waals surface area contributed by atoms with Gasteiger partial charge in [0, 0.05) is 10.7 Å². The number of aryl methyl sites for hydroxylation is 2. The molecule has 0 unspecified atom stereocenters. The Balaban J connectivity index is 2.29. The molecular formula is C18H21ClN2O3S. The molecular weight excluding hydrogens is 360 g/mol. The molecule has 0 heterocycles. The van der Waals surface area contributed by atoms with E-state index in [1.807, 2.05) is 13.8 Å². The first kappa shape index (κ1) is 19.3. The van der Waals surface area contributed by atoms with E-state index >= 15 is 0 Å². The van der Waals surface area contributed by atoms with Crippen molar-refractivity contribution in [3.63, 3.8) is 0 Å². The lowest BCUT2D eigenvalue weighted by Gasteiger charge is -2.28. The molecule has 1 N–H and O–H groups in total. The van der Waals surface area contributed by atoms with Crippen LogP contribution in [-0.4, -0.2) is 26.6 Å². The van der Waals surface area contributed by atoms with Crippen LogP contribution in [0.2, 0.25) is 5.02 Å². The number of hydrogen-bond acceptors (Lipinski definition) is 3. The fourth-order valence-corrected chi connectivity index (χ4v) is 3.77. The zero-order valence-electron chi connectivity index (χ0n) is 14.6. The average molecular weight is 381 g/mol. The normalized spacial score (nSPS) is 12.5. The summed E-state index contributed by atoms with van der Waals surface area (Å²) in [6.07, 6.45) is 1.08. The van der Waals surface area contributed by atoms with Crippen LogP contribution < -0.4 is 9.62 Å². The maximum Gasteiger partial charge on any atom is 0.247 e. The quantitative estimate of drug-likeness (QED) is 0.858. The molecule has 0 aromatic heterocycles. The van der Waals surface area contributed by atoms with Crippen LogP contribution in [-0.2, 0) is 14.8 Å². The Morgan fingerprint density at radius 1 is 1.12 bits per heavy atom. The summed E-state index contributed by atoms with van der Waals surface area (Å²) in [6, 6.07) is 11.2. The molecule has 2 aromatic rings. The summed E-state index contributed by atoms with van der Waals surface area (Å²) in [4.78, 5) is 12.6. The highest BCUT2D eigenvalue weighted by molar-refractivity contribution is 7.92. The number of carbonyl (C=O) groups excluding carboxylic acids is 1. The second-order valence-corrected chi connectivity index (χ2v) is 8.29. The average Bonchev–Trinajstić information content (AvgIpc) is 2.51. The minimum absolute atomic E-state index is 0.439. The zero-order chi connectivity index (χ0) is 18.8. The summed E-state index contributed by atoms with van der Waals surface area (Å²) in [5.74, 6) is -0.439. The summed E-state index contributed by atoms with van der Waals surface area (Å²) in [5, 5.41) is 3.25. The van der Waals surface area contributed by atoms with Crippen molar-refractivity contribution in [2.75, 3.05) is 15.9 Å². The fraction of sp³-hybridized carbons (Fsp3) is 0.278. The van der Waals surface area contributed by atoms with Crippen LogP contribution in [0.25, 0.3) is 0 Å². The number of nitrogens with zero attached hydrogens (tertiary/aromatic N) is 1. The van der Waals surface area contributed by atoms with Crippen LogP contribution in [0, 0.1) is 13.8 Å². The van der Waals surface area contributed by atoms with Gasteiger partial charge in [-0.15, -0.1) is 0 Å². The van der Waals surface area contributed by atoms with Crippen LogP contribution in [0.1, 0.15) is 18.1 Å². The Kier molecular flexibility index (Phi) is 5.75. The standard InChI is InChI=1S/C18H21ClN2O3S/c1-12-5-9-16(10-6-12)21(25(4,23)24)14(3)18(22)20-15-8-7-13(2)17(19)11-15/h5-11,14H,1-4H3,(H,20,22)/t14-/m0/s1. The first-order valence-corrected chi connectivity index (χ1v) is 9.95. The van der Waals surface area contributed by atoms with E-state index in [-0.39, 0.29) is 0 Å². The Labute approximate surface area is 153 Å². The molecule has 7 heteroatoms. The Hall–Kier alpha value is -2.05. The summed E-state index contributed by atoms with van der Waals surface area (Å²) < 4.78 is 25.6. The topological polar surface area (TPSA) is 66.5 Å². The first-order chi connectivity index (χ1) is 11.6. The molecule has 0 saturated carbocycles. The van der Waals surface area contributed by atoms with Gasteiger partial charge < -0.3 is 5.32 Å². The first-order valence-electron chi connectivity index (χ1n) is 7.72. The van der Waals surface area contributed by atoms with Crippen LogP contribution in [0.15, 0.2) is 42.5 Å². The molecule has 1 amide bonds. The number of nitrogens with one attached hydrogen (secondary N) is 1. The van der Waals surface area contributed by atoms with Gasteiger partial charge in [0.25, 0.3) is 0 Å². The lowest BCUT2D eigenvalue weighted by atomic mass is 10.2. The van der Waals surface area contributed by atoms with E-state index in [2.05, 4.69) is 5.32 Å². The Bertz CT molecular complexity index is 880. The van der Waals surface area contributed by atoms with Crippen molar-refractivity contribution in [3.05, 3.63) is 58.6 Å². The minimum atomic E-state index is -3.64. The lowest BCUT2D eigenvalue weighted by molar-refractivity contribution is -0.116. The van der Waals surface area contributed by atoms with Crippen molar-refractivity contribution < 1.29 is 13.2 Å². The SMILES string of the molecule is Cc1ccc(N([C@@H](C)C(=O)Nc2ccc(C)c(Cl)c2)S(C)(=O)=O)cc1. The van der Waals surface area contributed by atoms with Gasteiger partial charge in [-0.2, -0.15) is 0 Å². The molecule has 0 saturated heterocycles. The third-order valence-electron chi connectivity index (χ3n) is 3.82. The molecule has 0 bridgehead atoms. The maximum absolute atomic E-state index is 12.6. The molecule has 2 rings (SSSR count). The molecule has 2 aromatic carbocycles. The monoisotopic (exact) mass is 380 g/mol. The third-order valence-corrected chi connectivity index (χ3v) is 5.47. The number of rotatable bonds is 5. The molecule has 1 atom stereocenters. The van der Waals surface area contributed by atoms with Crippen molar-refractivity contribution in [2.45, 2.75) is 26.8 Å². The molecule has 0 spiro atoms. The summed E-state index contributed by atoms with van der Waals surface area (Å²) in [7, 11) is -3.64. The number of halogens is 1. The Morgan fingerprint density at radius 2 is 1.72 bits per heavy atom. The van der Waals surface area contributed by atoms with Crippen LogP contribution in [0.5, 0.6) is 0 Å². The van der Waals surface area contributed by atoms with Crippen LogP contribution in [0.3, 0.4) is 0 Å². The van der Waals surface area contributed by atoms with E-state index < -0.39 is 22.0 Å². The predicted octanol–water partition coefficient (Wildman–Crippen LogP) is 3.75. The molecule has 134 valence electrons. The minimum Gasteiger partial charge on any atom is -0.324 e. The van der Waals surface area contributed by atoms with Gasteiger partial charge in [-0.25, -0.2) is 8.42 Å². The summed E-state index contributed by atoms with van der Waals surface area (Å²) in [6.45, 7) is 5.32. The molecule has 0 aliphatic carbocycles. The molecule has 25 heavy (non-hydrogen) atoms. The highest BCUT2D eigenvalue weighted by Gasteiger charge is 2.29. The lowest BCUT2D eigenvalue weighted by Crippen LogP contribution is -2.45. The van der Waals surface area contributed by atoms with Gasteiger partial charge in [-0.05, 0) is 50.6 Å². The number of amides is 1. The number of hydrogen-bond donors (Lipinski definition) is 1. The second-order valence-electron chi connectivity index (χ2n) is 6.02. The number of benzene rings is 2. The van der Waals surface area contributed by atoms with E-state index in [9.17, 15) is 13.2 Å². The van der Waals surface area contributed by atoms with E-state index in [4.69, 9.17) is 11.6 Å². The van der Waals surface area contributed by atoms with E-state index in [0.717, 1.165) is 21.7 Å². The van der Waals surface area contributed by atoms with E-state index in [1.54, 1.807) is 49.4 Å². The fourth-order valence-electron chi connectivity index (χ4n) is 2.42. The van der Waals surface area contributed by atoms with Gasteiger partial charge in [-0.1, -0.05) is 35.4 Å². The van der Waals surface area contributed by atoms with Crippen molar-refractivity contribution in [3.8, 4) is 0 Å². The number of sulfonamides is 1. The van der Waals surface area contributed by atoms with Gasteiger partial charge in [0.15, 0.2) is 0 Å². The summed E-state index contributed by atoms with van der Waals surface area (Å²) >= 11 is 6.07. The predicted molar refractivity (Wildman–Crippen MR) is 103 cm³/mol. The van der Waals surface area contributed by atoms with Gasteiger partial charge in [0.2, 0.25) is 15.9 Å². The van der Waals surface area contributed by atoms with Gasteiger partial charge in [-0.3, -0.25) is 9.10 Å². The van der Waals surface area contributed by atoms with Crippen LogP contribution in [0.4, 0.5) is 11.4 Å². The smallest absolute Gasteiger partial charge is 0.247 e. The van der Waals surface area contributed by atoms with Crippen LogP contribution >= 0.6 is 11.6 Å². The van der Waals surface area contributed by atoms with Crippen molar-refractivity contribution in [1.29, 1.82) is 0 Å². The molecule has 5 nitrogen and oxygen atoms in total.